The van der Waals surface area contributed by atoms with Crippen LogP contribution in [0.3, 0.4) is 0 Å². The smallest absolute Gasteiger partial charge is 0.251 e. The lowest BCUT2D eigenvalue weighted by molar-refractivity contribution is -0.119. The van der Waals surface area contributed by atoms with Crippen molar-refractivity contribution < 1.29 is 14.3 Å². The second-order valence-electron chi connectivity index (χ2n) is 6.09. The summed E-state index contributed by atoms with van der Waals surface area (Å²) >= 11 is 0. The Morgan fingerprint density at radius 2 is 2.00 bits per heavy atom. The molecule has 6 heteroatoms. The first-order valence-electron chi connectivity index (χ1n) is 8.59. The zero-order valence-electron chi connectivity index (χ0n) is 14.3. The monoisotopic (exact) mass is 333 g/mol. The predicted octanol–water partition coefficient (Wildman–Crippen LogP) is 1.92. The van der Waals surface area contributed by atoms with Crippen LogP contribution in [0.25, 0.3) is 0 Å². The number of benzene rings is 1. The molecule has 6 nitrogen and oxygen atoms in total. The normalized spacial score (nSPS) is 14.9. The molecule has 0 saturated heterocycles. The standard InChI is InChI=1S/C18H27N3O3/c1-24-11-10-19-17(22)13-20-16-9-5-6-14(12-16)18(23)21-15-7-3-2-4-8-15/h5-6,9,12,15,20H,2-4,7-8,10-11,13H2,1H3,(H,19,22)(H,21,23). The lowest BCUT2D eigenvalue weighted by atomic mass is 9.95. The van der Waals surface area contributed by atoms with Crippen LogP contribution in [0.15, 0.2) is 24.3 Å². The summed E-state index contributed by atoms with van der Waals surface area (Å²) in [4.78, 5) is 24.0. The van der Waals surface area contributed by atoms with E-state index in [-0.39, 0.29) is 24.4 Å². The molecule has 2 amide bonds. The van der Waals surface area contributed by atoms with Crippen LogP contribution in [0.1, 0.15) is 42.5 Å². The lowest BCUT2D eigenvalue weighted by Gasteiger charge is -2.22. The van der Waals surface area contributed by atoms with Crippen LogP contribution in [0.4, 0.5) is 5.69 Å². The number of anilines is 1. The van der Waals surface area contributed by atoms with Crippen molar-refractivity contribution in [3.63, 3.8) is 0 Å². The van der Waals surface area contributed by atoms with E-state index in [1.807, 2.05) is 12.1 Å². The van der Waals surface area contributed by atoms with Crippen LogP contribution in [-0.2, 0) is 9.53 Å². The van der Waals surface area contributed by atoms with Crippen LogP contribution in [0.5, 0.6) is 0 Å². The van der Waals surface area contributed by atoms with E-state index >= 15 is 0 Å². The van der Waals surface area contributed by atoms with Gasteiger partial charge in [-0.05, 0) is 31.0 Å². The number of rotatable bonds is 8. The molecule has 0 aliphatic heterocycles. The van der Waals surface area contributed by atoms with Gasteiger partial charge in [-0.25, -0.2) is 0 Å². The summed E-state index contributed by atoms with van der Waals surface area (Å²) in [5.74, 6) is -0.154. The van der Waals surface area contributed by atoms with Gasteiger partial charge < -0.3 is 20.7 Å². The third-order valence-electron chi connectivity index (χ3n) is 4.15. The zero-order chi connectivity index (χ0) is 17.2. The van der Waals surface area contributed by atoms with Crippen LogP contribution in [-0.4, -0.2) is 44.7 Å². The second-order valence-corrected chi connectivity index (χ2v) is 6.09. The molecular formula is C18H27N3O3. The van der Waals surface area contributed by atoms with Gasteiger partial charge in [-0.1, -0.05) is 25.3 Å². The Balaban J connectivity index is 1.81. The third-order valence-corrected chi connectivity index (χ3v) is 4.15. The van der Waals surface area contributed by atoms with Gasteiger partial charge in [0, 0.05) is 30.9 Å². The highest BCUT2D eigenvalue weighted by Crippen LogP contribution is 2.18. The molecule has 1 fully saturated rings. The highest BCUT2D eigenvalue weighted by Gasteiger charge is 2.16. The topological polar surface area (TPSA) is 79.5 Å². The van der Waals surface area contributed by atoms with Crippen molar-refractivity contribution in [1.82, 2.24) is 10.6 Å². The Morgan fingerprint density at radius 1 is 1.21 bits per heavy atom. The Morgan fingerprint density at radius 3 is 2.75 bits per heavy atom. The molecule has 0 unspecified atom stereocenters. The van der Waals surface area contributed by atoms with Gasteiger partial charge >= 0.3 is 0 Å². The Bertz CT molecular complexity index is 542. The van der Waals surface area contributed by atoms with Gasteiger partial charge in [0.2, 0.25) is 5.91 Å². The van der Waals surface area contributed by atoms with Crippen LogP contribution in [0.2, 0.25) is 0 Å². The molecule has 0 bridgehead atoms. The van der Waals surface area contributed by atoms with Crippen molar-refractivity contribution in [3.8, 4) is 0 Å². The third kappa shape index (κ3) is 6.20. The van der Waals surface area contributed by atoms with E-state index in [0.29, 0.717) is 18.7 Å². The Hall–Kier alpha value is -2.08. The molecule has 0 radical (unpaired) electrons. The summed E-state index contributed by atoms with van der Waals surface area (Å²) in [5.41, 5.74) is 1.37. The maximum atomic E-state index is 12.3. The fraction of sp³-hybridized carbons (Fsp3) is 0.556. The number of amides is 2. The SMILES string of the molecule is COCCNC(=O)CNc1cccc(C(=O)NC2CCCCC2)c1. The molecule has 1 aliphatic rings. The van der Waals surface area contributed by atoms with Crippen molar-refractivity contribution in [2.45, 2.75) is 38.1 Å². The molecule has 24 heavy (non-hydrogen) atoms. The van der Waals surface area contributed by atoms with Gasteiger partial charge in [0.25, 0.3) is 5.91 Å². The Labute approximate surface area is 143 Å². The van der Waals surface area contributed by atoms with Crippen molar-refractivity contribution >= 4 is 17.5 Å². The van der Waals surface area contributed by atoms with Crippen molar-refractivity contribution in [2.75, 3.05) is 32.1 Å². The average Bonchev–Trinajstić information content (AvgIpc) is 2.61. The van der Waals surface area contributed by atoms with E-state index in [2.05, 4.69) is 16.0 Å². The second kappa shape index (κ2) is 9.93. The number of ether oxygens (including phenoxy) is 1. The molecule has 0 heterocycles. The number of hydrogen-bond donors (Lipinski definition) is 3. The molecule has 2 rings (SSSR count). The summed E-state index contributed by atoms with van der Waals surface area (Å²) in [6.45, 7) is 1.14. The molecule has 0 spiro atoms. The van der Waals surface area contributed by atoms with Gasteiger partial charge in [-0.15, -0.1) is 0 Å². The summed E-state index contributed by atoms with van der Waals surface area (Å²) in [6.07, 6.45) is 5.75. The highest BCUT2D eigenvalue weighted by atomic mass is 16.5. The van der Waals surface area contributed by atoms with E-state index < -0.39 is 0 Å². The van der Waals surface area contributed by atoms with E-state index in [1.165, 1.54) is 19.3 Å². The van der Waals surface area contributed by atoms with Crippen LogP contribution in [0, 0.1) is 0 Å². The first-order valence-corrected chi connectivity index (χ1v) is 8.59. The van der Waals surface area contributed by atoms with Gasteiger partial charge in [0.05, 0.1) is 13.2 Å². The van der Waals surface area contributed by atoms with E-state index in [1.54, 1.807) is 19.2 Å². The van der Waals surface area contributed by atoms with E-state index in [9.17, 15) is 9.59 Å². The number of carbonyl (C=O) groups excluding carboxylic acids is 2. The van der Waals surface area contributed by atoms with Gasteiger partial charge in [-0.2, -0.15) is 0 Å². The highest BCUT2D eigenvalue weighted by molar-refractivity contribution is 5.95. The number of hydrogen-bond acceptors (Lipinski definition) is 4. The fourth-order valence-electron chi connectivity index (χ4n) is 2.82. The fourth-order valence-corrected chi connectivity index (χ4v) is 2.82. The molecule has 0 aromatic heterocycles. The van der Waals surface area contributed by atoms with Crippen LogP contribution >= 0.6 is 0 Å². The molecule has 0 atom stereocenters. The minimum Gasteiger partial charge on any atom is -0.383 e. The molecule has 1 saturated carbocycles. The molecular weight excluding hydrogens is 306 g/mol. The quantitative estimate of drug-likeness (QED) is 0.635. The molecule has 1 aliphatic carbocycles. The first-order chi connectivity index (χ1) is 11.7. The summed E-state index contributed by atoms with van der Waals surface area (Å²) in [5, 5.41) is 8.88. The summed E-state index contributed by atoms with van der Waals surface area (Å²) < 4.78 is 4.88. The van der Waals surface area contributed by atoms with Gasteiger partial charge in [0.15, 0.2) is 0 Å². The number of carbonyl (C=O) groups is 2. The first kappa shape index (κ1) is 18.3. The summed E-state index contributed by atoms with van der Waals surface area (Å²) in [6, 6.07) is 7.53. The molecule has 132 valence electrons. The van der Waals surface area contributed by atoms with Gasteiger partial charge in [0.1, 0.15) is 0 Å². The number of methoxy groups -OCH3 is 1. The number of nitrogens with one attached hydrogen (secondary N) is 3. The Kier molecular flexibility index (Phi) is 7.55. The van der Waals surface area contributed by atoms with E-state index in [4.69, 9.17) is 4.74 Å². The van der Waals surface area contributed by atoms with Crippen molar-refractivity contribution in [3.05, 3.63) is 29.8 Å². The van der Waals surface area contributed by atoms with Gasteiger partial charge in [-0.3, -0.25) is 9.59 Å². The average molecular weight is 333 g/mol. The molecule has 3 N–H and O–H groups in total. The minimum absolute atomic E-state index is 0.0462. The van der Waals surface area contributed by atoms with Crippen LogP contribution < -0.4 is 16.0 Å². The zero-order valence-corrected chi connectivity index (χ0v) is 14.3. The molecule has 1 aromatic carbocycles. The van der Waals surface area contributed by atoms with Crippen molar-refractivity contribution in [2.24, 2.45) is 0 Å². The van der Waals surface area contributed by atoms with Crippen molar-refractivity contribution in [1.29, 1.82) is 0 Å². The maximum Gasteiger partial charge on any atom is 0.251 e. The minimum atomic E-state index is -0.107. The molecule has 1 aromatic rings. The largest absolute Gasteiger partial charge is 0.383 e. The van der Waals surface area contributed by atoms with E-state index in [0.717, 1.165) is 18.5 Å². The lowest BCUT2D eigenvalue weighted by Crippen LogP contribution is -2.36. The predicted molar refractivity (Wildman–Crippen MR) is 94.2 cm³/mol. The summed E-state index contributed by atoms with van der Waals surface area (Å²) in [7, 11) is 1.59. The maximum absolute atomic E-state index is 12.3.